The van der Waals surface area contributed by atoms with Crippen LogP contribution in [0.5, 0.6) is 0 Å². The Bertz CT molecular complexity index is 1010. The average Bonchev–Trinajstić information content (AvgIpc) is 2.88. The van der Waals surface area contributed by atoms with E-state index < -0.39 is 11.8 Å². The molecule has 156 valence electrons. The van der Waals surface area contributed by atoms with Gasteiger partial charge in [-0.25, -0.2) is 18.6 Å². The average molecular weight is 414 g/mol. The minimum absolute atomic E-state index is 0.0444. The van der Waals surface area contributed by atoms with Crippen molar-refractivity contribution in [2.45, 2.75) is 31.7 Å². The molecule has 0 saturated carbocycles. The van der Waals surface area contributed by atoms with Gasteiger partial charge in [0.05, 0.1) is 6.20 Å². The summed E-state index contributed by atoms with van der Waals surface area (Å²) in [6.45, 7) is 0.335. The molecule has 0 radical (unpaired) electrons. The molecule has 2 aromatic rings. The van der Waals surface area contributed by atoms with Crippen LogP contribution in [0.15, 0.2) is 41.7 Å². The number of amides is 1. The molecule has 1 aromatic carbocycles. The molecular weight excluding hydrogens is 394 g/mol. The van der Waals surface area contributed by atoms with Crippen LogP contribution in [0.1, 0.15) is 45.7 Å². The van der Waals surface area contributed by atoms with E-state index in [1.165, 1.54) is 24.3 Å². The number of fused-ring (bicyclic) bond motifs is 2. The number of rotatable bonds is 3. The quantitative estimate of drug-likeness (QED) is 0.360. The van der Waals surface area contributed by atoms with Gasteiger partial charge in [0.2, 0.25) is 0 Å². The zero-order valence-electron chi connectivity index (χ0n) is 16.1. The molecule has 2 N–H and O–H groups in total. The molecule has 0 unspecified atom stereocenters. The SMILES string of the molecule is N/C(=N\OC(=O)c1ccc(F)cn1)[C@H]1CC[C@H]2CCc3cc(F)ccc3C(=O)N2C1. The Morgan fingerprint density at radius 1 is 1.17 bits per heavy atom. The van der Waals surface area contributed by atoms with Crippen molar-refractivity contribution >= 4 is 17.7 Å². The molecule has 0 bridgehead atoms. The first-order valence-corrected chi connectivity index (χ1v) is 9.68. The Morgan fingerprint density at radius 2 is 1.97 bits per heavy atom. The zero-order valence-corrected chi connectivity index (χ0v) is 16.1. The van der Waals surface area contributed by atoms with Crippen molar-refractivity contribution in [2.24, 2.45) is 16.8 Å². The van der Waals surface area contributed by atoms with Crippen molar-refractivity contribution < 1.29 is 23.2 Å². The van der Waals surface area contributed by atoms with Crippen LogP contribution < -0.4 is 5.73 Å². The van der Waals surface area contributed by atoms with E-state index in [2.05, 4.69) is 10.1 Å². The molecule has 1 aromatic heterocycles. The molecule has 1 fully saturated rings. The third kappa shape index (κ3) is 4.00. The summed E-state index contributed by atoms with van der Waals surface area (Å²) in [6, 6.07) is 6.55. The van der Waals surface area contributed by atoms with Crippen molar-refractivity contribution in [3.8, 4) is 0 Å². The number of aromatic nitrogens is 1. The standard InChI is InChI=1S/C21H20F2N4O3/c22-14-3-7-17-12(9-14)1-5-16-6-2-13(11-27(16)20(17)28)19(24)26-30-21(29)18-8-4-15(23)10-25-18/h3-4,7-10,13,16H,1-2,5-6,11H2,(H2,24,26)/t13-,16+/m0/s1. The predicted octanol–water partition coefficient (Wildman–Crippen LogP) is 2.66. The Hall–Kier alpha value is -3.36. The molecule has 0 aliphatic carbocycles. The van der Waals surface area contributed by atoms with Gasteiger partial charge in [-0.3, -0.25) is 4.79 Å². The summed E-state index contributed by atoms with van der Waals surface area (Å²) in [7, 11) is 0. The molecule has 1 amide bonds. The van der Waals surface area contributed by atoms with Crippen molar-refractivity contribution in [3.63, 3.8) is 0 Å². The van der Waals surface area contributed by atoms with Gasteiger partial charge in [0.1, 0.15) is 17.5 Å². The Labute approximate surface area is 171 Å². The Morgan fingerprint density at radius 3 is 2.73 bits per heavy atom. The topological polar surface area (TPSA) is 97.9 Å². The van der Waals surface area contributed by atoms with Crippen molar-refractivity contribution in [3.05, 3.63) is 65.0 Å². The lowest BCUT2D eigenvalue weighted by Gasteiger charge is -2.38. The van der Waals surface area contributed by atoms with Crippen LogP contribution >= 0.6 is 0 Å². The summed E-state index contributed by atoms with van der Waals surface area (Å²) in [5, 5.41) is 3.71. The van der Waals surface area contributed by atoms with Crippen molar-refractivity contribution in [1.82, 2.24) is 9.88 Å². The smallest absolute Gasteiger partial charge is 0.383 e. The van der Waals surface area contributed by atoms with Gasteiger partial charge in [-0.2, -0.15) is 0 Å². The highest BCUT2D eigenvalue weighted by atomic mass is 19.1. The summed E-state index contributed by atoms with van der Waals surface area (Å²) in [4.78, 5) is 35.2. The number of hydrogen-bond donors (Lipinski definition) is 1. The second kappa shape index (κ2) is 8.17. The molecule has 2 atom stereocenters. The Balaban J connectivity index is 1.46. The maximum absolute atomic E-state index is 13.6. The number of pyridine rings is 1. The van der Waals surface area contributed by atoms with E-state index in [0.29, 0.717) is 30.5 Å². The fourth-order valence-electron chi connectivity index (χ4n) is 3.98. The summed E-state index contributed by atoms with van der Waals surface area (Å²) >= 11 is 0. The molecule has 9 heteroatoms. The molecule has 30 heavy (non-hydrogen) atoms. The van der Waals surface area contributed by atoms with E-state index >= 15 is 0 Å². The summed E-state index contributed by atoms with van der Waals surface area (Å²) in [5.41, 5.74) is 7.15. The second-order valence-corrected chi connectivity index (χ2v) is 7.48. The van der Waals surface area contributed by atoms with Crippen LogP contribution in [0.25, 0.3) is 0 Å². The highest BCUT2D eigenvalue weighted by Gasteiger charge is 2.36. The number of benzene rings is 1. The molecule has 7 nitrogen and oxygen atoms in total. The van der Waals surface area contributed by atoms with E-state index in [4.69, 9.17) is 10.6 Å². The van der Waals surface area contributed by atoms with Crippen LogP contribution in [0, 0.1) is 17.6 Å². The molecule has 2 aliphatic heterocycles. The fourth-order valence-corrected chi connectivity index (χ4v) is 3.98. The normalized spacial score (nSPS) is 21.5. The fraction of sp³-hybridized carbons (Fsp3) is 0.333. The molecule has 0 spiro atoms. The molecule has 4 rings (SSSR count). The summed E-state index contributed by atoms with van der Waals surface area (Å²) in [5.74, 6) is -2.11. The lowest BCUT2D eigenvalue weighted by molar-refractivity contribution is 0.0489. The zero-order chi connectivity index (χ0) is 21.3. The summed E-state index contributed by atoms with van der Waals surface area (Å²) < 4.78 is 26.5. The number of nitrogens with two attached hydrogens (primary N) is 1. The maximum atomic E-state index is 13.6. The van der Waals surface area contributed by atoms with E-state index in [1.54, 1.807) is 4.90 Å². The number of hydrogen-bond acceptors (Lipinski definition) is 5. The minimum atomic E-state index is -0.853. The summed E-state index contributed by atoms with van der Waals surface area (Å²) in [6.07, 6.45) is 3.69. The molecular formula is C21H20F2N4O3. The van der Waals surface area contributed by atoms with E-state index in [9.17, 15) is 18.4 Å². The first kappa shape index (κ1) is 19.9. The van der Waals surface area contributed by atoms with Gasteiger partial charge in [-0.1, -0.05) is 5.16 Å². The van der Waals surface area contributed by atoms with Crippen molar-refractivity contribution in [1.29, 1.82) is 0 Å². The van der Waals surface area contributed by atoms with Gasteiger partial charge in [-0.05, 0) is 61.6 Å². The van der Waals surface area contributed by atoms with Crippen molar-refractivity contribution in [2.75, 3.05) is 6.54 Å². The maximum Gasteiger partial charge on any atom is 0.383 e. The van der Waals surface area contributed by atoms with Gasteiger partial charge in [0.15, 0.2) is 5.69 Å². The number of oxime groups is 1. The third-order valence-corrected chi connectivity index (χ3v) is 5.60. The number of halogens is 2. The lowest BCUT2D eigenvalue weighted by Crippen LogP contribution is -2.49. The number of nitrogens with zero attached hydrogens (tertiary/aromatic N) is 3. The monoisotopic (exact) mass is 414 g/mol. The van der Waals surface area contributed by atoms with Gasteiger partial charge >= 0.3 is 5.97 Å². The Kier molecular flexibility index (Phi) is 5.43. The van der Waals surface area contributed by atoms with E-state index in [-0.39, 0.29) is 35.2 Å². The van der Waals surface area contributed by atoms with Gasteiger partial charge in [0, 0.05) is 24.1 Å². The number of carbonyl (C=O) groups excluding carboxylic acids is 2. The third-order valence-electron chi connectivity index (χ3n) is 5.60. The first-order chi connectivity index (χ1) is 14.4. The first-order valence-electron chi connectivity index (χ1n) is 9.68. The minimum Gasteiger partial charge on any atom is -0.384 e. The predicted molar refractivity (Wildman–Crippen MR) is 104 cm³/mol. The molecule has 3 heterocycles. The second-order valence-electron chi connectivity index (χ2n) is 7.48. The van der Waals surface area contributed by atoms with Gasteiger partial charge in [-0.15, -0.1) is 0 Å². The lowest BCUT2D eigenvalue weighted by atomic mass is 9.90. The van der Waals surface area contributed by atoms with Crippen LogP contribution in [0.2, 0.25) is 0 Å². The van der Waals surface area contributed by atoms with E-state index in [0.717, 1.165) is 25.1 Å². The number of carbonyl (C=O) groups is 2. The van der Waals surface area contributed by atoms with Gasteiger partial charge in [0.25, 0.3) is 5.91 Å². The van der Waals surface area contributed by atoms with Crippen LogP contribution in [-0.4, -0.2) is 40.2 Å². The van der Waals surface area contributed by atoms with Gasteiger partial charge < -0.3 is 15.5 Å². The number of piperidine rings is 1. The van der Waals surface area contributed by atoms with Crippen LogP contribution in [0.4, 0.5) is 8.78 Å². The number of aryl methyl sites for hydroxylation is 1. The highest BCUT2D eigenvalue weighted by Crippen LogP contribution is 2.31. The largest absolute Gasteiger partial charge is 0.384 e. The molecule has 2 aliphatic rings. The van der Waals surface area contributed by atoms with E-state index in [1.807, 2.05) is 0 Å². The van der Waals surface area contributed by atoms with Crippen LogP contribution in [-0.2, 0) is 11.3 Å². The molecule has 1 saturated heterocycles. The van der Waals surface area contributed by atoms with Crippen LogP contribution in [0.3, 0.4) is 0 Å². The highest BCUT2D eigenvalue weighted by molar-refractivity contribution is 5.97. The number of amidine groups is 1.